The monoisotopic (exact) mass is 418 g/mol. The lowest BCUT2D eigenvalue weighted by atomic mass is 10.1. The molecular formula is C19H22N4O5S. The Morgan fingerprint density at radius 3 is 2.45 bits per heavy atom. The standard InChI is InChI=1S/C19H22N4O5S/c1-11-14(12(2)21-19(20-11)29-4)9-10-17(24)28-13(3)18(25)22-15-7-5-6-8-16(15)23(26)27/h5-8,13H,9-10H2,1-4H3,(H,22,25)/t13-/m1/s1. The number of aromatic nitrogens is 2. The molecule has 0 saturated heterocycles. The first-order valence-corrected chi connectivity index (χ1v) is 10.1. The normalized spacial score (nSPS) is 11.6. The molecule has 2 aromatic rings. The van der Waals surface area contributed by atoms with Crippen molar-refractivity contribution in [2.24, 2.45) is 0 Å². The molecule has 154 valence electrons. The minimum atomic E-state index is -1.10. The Morgan fingerprint density at radius 2 is 1.86 bits per heavy atom. The van der Waals surface area contributed by atoms with Crippen molar-refractivity contribution in [2.45, 2.75) is 44.9 Å². The lowest BCUT2D eigenvalue weighted by Crippen LogP contribution is -2.30. The van der Waals surface area contributed by atoms with E-state index in [-0.39, 0.29) is 17.8 Å². The summed E-state index contributed by atoms with van der Waals surface area (Å²) in [6.45, 7) is 5.13. The number of carbonyl (C=O) groups excluding carboxylic acids is 2. The molecule has 9 nitrogen and oxygen atoms in total. The highest BCUT2D eigenvalue weighted by Crippen LogP contribution is 2.23. The van der Waals surface area contributed by atoms with Crippen LogP contribution in [0, 0.1) is 24.0 Å². The number of aryl methyl sites for hydroxylation is 2. The fourth-order valence-corrected chi connectivity index (χ4v) is 3.13. The maximum Gasteiger partial charge on any atom is 0.306 e. The summed E-state index contributed by atoms with van der Waals surface area (Å²) in [5.74, 6) is -1.20. The molecule has 0 aliphatic rings. The van der Waals surface area contributed by atoms with Crippen molar-refractivity contribution in [2.75, 3.05) is 11.6 Å². The van der Waals surface area contributed by atoms with Gasteiger partial charge < -0.3 is 10.1 Å². The van der Waals surface area contributed by atoms with Gasteiger partial charge in [0.15, 0.2) is 11.3 Å². The number of thioether (sulfide) groups is 1. The van der Waals surface area contributed by atoms with Crippen LogP contribution in [0.4, 0.5) is 11.4 Å². The zero-order valence-electron chi connectivity index (χ0n) is 16.6. The van der Waals surface area contributed by atoms with E-state index < -0.39 is 22.9 Å². The van der Waals surface area contributed by atoms with Gasteiger partial charge in [0.2, 0.25) is 0 Å². The molecule has 1 atom stereocenters. The molecule has 0 aliphatic carbocycles. The molecule has 0 aliphatic heterocycles. The highest BCUT2D eigenvalue weighted by atomic mass is 32.2. The van der Waals surface area contributed by atoms with Gasteiger partial charge in [0.25, 0.3) is 11.6 Å². The number of anilines is 1. The molecule has 2 rings (SSSR count). The first-order valence-electron chi connectivity index (χ1n) is 8.84. The van der Waals surface area contributed by atoms with Crippen LogP contribution in [0.15, 0.2) is 29.4 Å². The fraction of sp³-hybridized carbons (Fsp3) is 0.368. The van der Waals surface area contributed by atoms with Gasteiger partial charge in [0, 0.05) is 23.9 Å². The van der Waals surface area contributed by atoms with Crippen LogP contribution in [-0.4, -0.2) is 39.1 Å². The van der Waals surface area contributed by atoms with Crippen LogP contribution in [0.25, 0.3) is 0 Å². The zero-order valence-corrected chi connectivity index (χ0v) is 17.4. The number of nitro benzene ring substituents is 1. The quantitative estimate of drug-likeness (QED) is 0.228. The van der Waals surface area contributed by atoms with Crippen molar-refractivity contribution in [1.29, 1.82) is 0 Å². The second-order valence-electron chi connectivity index (χ2n) is 6.26. The lowest BCUT2D eigenvalue weighted by molar-refractivity contribution is -0.383. The predicted octanol–water partition coefficient (Wildman–Crippen LogP) is 3.23. The maximum atomic E-state index is 12.2. The number of hydrogen-bond acceptors (Lipinski definition) is 8. The van der Waals surface area contributed by atoms with Crippen molar-refractivity contribution in [3.63, 3.8) is 0 Å². The molecule has 0 bridgehead atoms. The Hall–Kier alpha value is -3.01. The third kappa shape index (κ3) is 5.98. The highest BCUT2D eigenvalue weighted by Gasteiger charge is 2.22. The number of esters is 1. The number of nitro groups is 1. The molecule has 0 unspecified atom stereocenters. The summed E-state index contributed by atoms with van der Waals surface area (Å²) in [6.07, 6.45) is 1.25. The number of nitrogens with one attached hydrogen (secondary N) is 1. The van der Waals surface area contributed by atoms with Crippen LogP contribution in [0.5, 0.6) is 0 Å². The molecule has 0 radical (unpaired) electrons. The number of benzene rings is 1. The Balaban J connectivity index is 1.94. The van der Waals surface area contributed by atoms with Crippen molar-refractivity contribution >= 4 is 35.0 Å². The van der Waals surface area contributed by atoms with Crippen LogP contribution in [0.3, 0.4) is 0 Å². The van der Waals surface area contributed by atoms with Crippen molar-refractivity contribution < 1.29 is 19.2 Å². The SMILES string of the molecule is CSc1nc(C)c(CCC(=O)O[C@H](C)C(=O)Nc2ccccc2[N+](=O)[O-])c(C)n1. The van der Waals surface area contributed by atoms with E-state index in [2.05, 4.69) is 15.3 Å². The first-order chi connectivity index (χ1) is 13.7. The van der Waals surface area contributed by atoms with Gasteiger partial charge in [-0.2, -0.15) is 0 Å². The molecule has 0 fully saturated rings. The van der Waals surface area contributed by atoms with Crippen molar-refractivity contribution in [3.05, 3.63) is 51.3 Å². The summed E-state index contributed by atoms with van der Waals surface area (Å²) in [7, 11) is 0. The molecule has 1 aromatic heterocycles. The topological polar surface area (TPSA) is 124 Å². The smallest absolute Gasteiger partial charge is 0.306 e. The molecule has 1 aromatic carbocycles. The number of amides is 1. The van der Waals surface area contributed by atoms with E-state index in [0.29, 0.717) is 11.6 Å². The molecular weight excluding hydrogens is 396 g/mol. The average Bonchev–Trinajstić information content (AvgIpc) is 2.67. The maximum absolute atomic E-state index is 12.2. The molecule has 1 N–H and O–H groups in total. The van der Waals surface area contributed by atoms with Crippen LogP contribution in [-0.2, 0) is 20.7 Å². The van der Waals surface area contributed by atoms with E-state index in [1.54, 1.807) is 6.07 Å². The zero-order chi connectivity index (χ0) is 21.6. The van der Waals surface area contributed by atoms with Gasteiger partial charge in [0.1, 0.15) is 5.69 Å². The van der Waals surface area contributed by atoms with E-state index in [0.717, 1.165) is 17.0 Å². The number of hydrogen-bond donors (Lipinski definition) is 1. The lowest BCUT2D eigenvalue weighted by Gasteiger charge is -2.14. The number of ether oxygens (including phenoxy) is 1. The summed E-state index contributed by atoms with van der Waals surface area (Å²) < 4.78 is 5.17. The molecule has 10 heteroatoms. The van der Waals surface area contributed by atoms with Gasteiger partial charge in [-0.05, 0) is 45.1 Å². The second-order valence-corrected chi connectivity index (χ2v) is 7.03. The van der Waals surface area contributed by atoms with Crippen molar-refractivity contribution in [3.8, 4) is 0 Å². The van der Waals surface area contributed by atoms with E-state index >= 15 is 0 Å². The van der Waals surface area contributed by atoms with Crippen LogP contribution in [0.1, 0.15) is 30.3 Å². The van der Waals surface area contributed by atoms with Crippen LogP contribution >= 0.6 is 11.8 Å². The third-order valence-electron chi connectivity index (χ3n) is 4.20. The summed E-state index contributed by atoms with van der Waals surface area (Å²) in [5.41, 5.74) is 2.28. The molecule has 1 heterocycles. The number of carbonyl (C=O) groups is 2. The Morgan fingerprint density at radius 1 is 1.24 bits per heavy atom. The van der Waals surface area contributed by atoms with E-state index in [1.165, 1.54) is 36.9 Å². The minimum absolute atomic E-state index is 0.0441. The van der Waals surface area contributed by atoms with Gasteiger partial charge in [-0.1, -0.05) is 23.9 Å². The number of nitrogens with zero attached hydrogens (tertiary/aromatic N) is 3. The van der Waals surface area contributed by atoms with Crippen LogP contribution in [0.2, 0.25) is 0 Å². The van der Waals surface area contributed by atoms with Crippen LogP contribution < -0.4 is 5.32 Å². The summed E-state index contributed by atoms with van der Waals surface area (Å²) in [5, 5.41) is 14.1. The number of para-hydroxylation sites is 2. The minimum Gasteiger partial charge on any atom is -0.453 e. The summed E-state index contributed by atoms with van der Waals surface area (Å²) in [6, 6.07) is 5.75. The van der Waals surface area contributed by atoms with Gasteiger partial charge in [-0.25, -0.2) is 9.97 Å². The Kier molecular flexibility index (Phi) is 7.66. The van der Waals surface area contributed by atoms with E-state index in [4.69, 9.17) is 4.74 Å². The predicted molar refractivity (Wildman–Crippen MR) is 109 cm³/mol. The first kappa shape index (κ1) is 22.3. The fourth-order valence-electron chi connectivity index (χ4n) is 2.67. The van der Waals surface area contributed by atoms with Gasteiger partial charge in [0.05, 0.1) is 4.92 Å². The van der Waals surface area contributed by atoms with Gasteiger partial charge >= 0.3 is 5.97 Å². The molecule has 29 heavy (non-hydrogen) atoms. The van der Waals surface area contributed by atoms with Crippen molar-refractivity contribution in [1.82, 2.24) is 9.97 Å². The average molecular weight is 418 g/mol. The van der Waals surface area contributed by atoms with E-state index in [1.807, 2.05) is 20.1 Å². The molecule has 0 saturated carbocycles. The van der Waals surface area contributed by atoms with Gasteiger partial charge in [-0.3, -0.25) is 19.7 Å². The van der Waals surface area contributed by atoms with Gasteiger partial charge in [-0.15, -0.1) is 0 Å². The second kappa shape index (κ2) is 9.97. The summed E-state index contributed by atoms with van der Waals surface area (Å²) in [4.78, 5) is 43.6. The highest BCUT2D eigenvalue weighted by molar-refractivity contribution is 7.98. The third-order valence-corrected chi connectivity index (χ3v) is 4.75. The largest absolute Gasteiger partial charge is 0.453 e. The van der Waals surface area contributed by atoms with E-state index in [9.17, 15) is 19.7 Å². The molecule has 0 spiro atoms. The molecule has 1 amide bonds. The number of rotatable bonds is 8. The Bertz CT molecular complexity index is 912. The summed E-state index contributed by atoms with van der Waals surface area (Å²) >= 11 is 1.44. The Labute approximate surface area is 172 Å².